The highest BCUT2D eigenvalue weighted by Crippen LogP contribution is 2.20. The fourth-order valence-corrected chi connectivity index (χ4v) is 1.31. The summed E-state index contributed by atoms with van der Waals surface area (Å²) in [6, 6.07) is 4.11. The van der Waals surface area contributed by atoms with Crippen molar-refractivity contribution in [3.63, 3.8) is 0 Å². The summed E-state index contributed by atoms with van der Waals surface area (Å²) in [5, 5.41) is 11.2. The molecule has 3 N–H and O–H groups in total. The van der Waals surface area contributed by atoms with Crippen LogP contribution in [0.4, 0.5) is 4.39 Å². The molecule has 0 atom stereocenters. The maximum Gasteiger partial charge on any atom is 0.183 e. The summed E-state index contributed by atoms with van der Waals surface area (Å²) in [5.41, 5.74) is 5.90. The first-order valence-corrected chi connectivity index (χ1v) is 4.47. The molecular formula is C10H13FN2O3. The fourth-order valence-electron chi connectivity index (χ4n) is 1.31. The number of halogens is 1. The minimum Gasteiger partial charge on any atom is -0.409 e. The highest BCUT2D eigenvalue weighted by Gasteiger charge is 2.14. The molecule has 0 spiro atoms. The van der Waals surface area contributed by atoms with Gasteiger partial charge in [0.05, 0.1) is 5.56 Å². The second-order valence-corrected chi connectivity index (χ2v) is 3.03. The standard InChI is InChI=1S/C10H13FN2O3/c1-15-10(16-2)6-3-4-8(11)7(5-6)9(12)13-14/h3-5,10,14H,1-2H3,(H2,12,13). The maximum absolute atomic E-state index is 13.3. The zero-order valence-corrected chi connectivity index (χ0v) is 8.98. The number of hydrogen-bond donors (Lipinski definition) is 2. The van der Waals surface area contributed by atoms with Crippen molar-refractivity contribution in [1.82, 2.24) is 0 Å². The van der Waals surface area contributed by atoms with Crippen molar-refractivity contribution in [3.05, 3.63) is 35.1 Å². The molecule has 0 unspecified atom stereocenters. The van der Waals surface area contributed by atoms with Crippen LogP contribution in [-0.4, -0.2) is 25.3 Å². The number of amidine groups is 1. The van der Waals surface area contributed by atoms with E-state index >= 15 is 0 Å². The number of methoxy groups -OCH3 is 2. The highest BCUT2D eigenvalue weighted by molar-refractivity contribution is 5.97. The van der Waals surface area contributed by atoms with E-state index in [1.54, 1.807) is 0 Å². The summed E-state index contributed by atoms with van der Waals surface area (Å²) in [4.78, 5) is 0. The van der Waals surface area contributed by atoms with Gasteiger partial charge in [-0.15, -0.1) is 0 Å². The number of hydrogen-bond acceptors (Lipinski definition) is 4. The van der Waals surface area contributed by atoms with Gasteiger partial charge in [0.2, 0.25) is 0 Å². The summed E-state index contributed by atoms with van der Waals surface area (Å²) in [6.45, 7) is 0. The lowest BCUT2D eigenvalue weighted by molar-refractivity contribution is -0.106. The lowest BCUT2D eigenvalue weighted by Gasteiger charge is -2.14. The summed E-state index contributed by atoms with van der Waals surface area (Å²) < 4.78 is 23.3. The van der Waals surface area contributed by atoms with E-state index in [1.165, 1.54) is 32.4 Å². The molecular weight excluding hydrogens is 215 g/mol. The van der Waals surface area contributed by atoms with Crippen LogP contribution in [0.1, 0.15) is 17.4 Å². The lowest BCUT2D eigenvalue weighted by atomic mass is 10.1. The molecule has 0 aromatic heterocycles. The molecule has 0 saturated carbocycles. The molecule has 0 aliphatic heterocycles. The van der Waals surface area contributed by atoms with E-state index in [1.807, 2.05) is 0 Å². The van der Waals surface area contributed by atoms with Gasteiger partial charge in [-0.2, -0.15) is 0 Å². The first-order valence-electron chi connectivity index (χ1n) is 4.47. The molecule has 0 heterocycles. The Morgan fingerprint density at radius 1 is 1.44 bits per heavy atom. The molecule has 1 rings (SSSR count). The molecule has 1 aromatic rings. The van der Waals surface area contributed by atoms with E-state index in [0.717, 1.165) is 0 Å². The molecule has 1 aromatic carbocycles. The minimum absolute atomic E-state index is 0.000833. The van der Waals surface area contributed by atoms with Crippen LogP contribution in [0.2, 0.25) is 0 Å². The second-order valence-electron chi connectivity index (χ2n) is 3.03. The van der Waals surface area contributed by atoms with Gasteiger partial charge in [-0.1, -0.05) is 11.2 Å². The first-order chi connectivity index (χ1) is 7.63. The lowest BCUT2D eigenvalue weighted by Crippen LogP contribution is -2.16. The largest absolute Gasteiger partial charge is 0.409 e. The number of rotatable bonds is 4. The van der Waals surface area contributed by atoms with Crippen molar-refractivity contribution < 1.29 is 19.1 Å². The van der Waals surface area contributed by atoms with Crippen LogP contribution in [-0.2, 0) is 9.47 Å². The van der Waals surface area contributed by atoms with Crippen LogP contribution >= 0.6 is 0 Å². The molecule has 0 fully saturated rings. The van der Waals surface area contributed by atoms with Crippen LogP contribution < -0.4 is 5.73 Å². The van der Waals surface area contributed by atoms with Crippen LogP contribution in [0.25, 0.3) is 0 Å². The number of nitrogens with zero attached hydrogens (tertiary/aromatic N) is 1. The SMILES string of the molecule is COC(OC)c1ccc(F)c(C(N)=NO)c1. The van der Waals surface area contributed by atoms with Gasteiger partial charge in [0.25, 0.3) is 0 Å². The minimum atomic E-state index is -0.620. The van der Waals surface area contributed by atoms with Crippen molar-refractivity contribution in [1.29, 1.82) is 0 Å². The third-order valence-electron chi connectivity index (χ3n) is 2.07. The van der Waals surface area contributed by atoms with Gasteiger partial charge >= 0.3 is 0 Å². The Kier molecular flexibility index (Phi) is 4.21. The third kappa shape index (κ3) is 2.47. The van der Waals surface area contributed by atoms with Gasteiger partial charge in [-0.3, -0.25) is 0 Å². The summed E-state index contributed by atoms with van der Waals surface area (Å²) in [6.07, 6.45) is -0.620. The second kappa shape index (κ2) is 5.43. The number of nitrogens with two attached hydrogens (primary N) is 1. The van der Waals surface area contributed by atoms with E-state index in [9.17, 15) is 4.39 Å². The highest BCUT2D eigenvalue weighted by atomic mass is 19.1. The molecule has 0 bridgehead atoms. The molecule has 5 nitrogen and oxygen atoms in total. The summed E-state index contributed by atoms with van der Waals surface area (Å²) >= 11 is 0. The summed E-state index contributed by atoms with van der Waals surface area (Å²) in [5.74, 6) is -0.879. The molecule has 0 radical (unpaired) electrons. The first kappa shape index (κ1) is 12.4. The molecule has 6 heteroatoms. The predicted octanol–water partition coefficient (Wildman–Crippen LogP) is 1.21. The van der Waals surface area contributed by atoms with Crippen molar-refractivity contribution in [2.75, 3.05) is 14.2 Å². The van der Waals surface area contributed by atoms with E-state index < -0.39 is 12.1 Å². The van der Waals surface area contributed by atoms with Crippen LogP contribution in [0.5, 0.6) is 0 Å². The third-order valence-corrected chi connectivity index (χ3v) is 2.07. The van der Waals surface area contributed by atoms with Crippen molar-refractivity contribution in [2.45, 2.75) is 6.29 Å². The average Bonchev–Trinajstić information content (AvgIpc) is 2.31. The normalized spacial score (nSPS) is 12.1. The summed E-state index contributed by atoms with van der Waals surface area (Å²) in [7, 11) is 2.92. The van der Waals surface area contributed by atoms with Gasteiger partial charge in [0.15, 0.2) is 12.1 Å². The van der Waals surface area contributed by atoms with E-state index in [4.69, 9.17) is 20.4 Å². The number of ether oxygens (including phenoxy) is 2. The Morgan fingerprint density at radius 2 is 2.06 bits per heavy atom. The Labute approximate surface area is 92.3 Å². The van der Waals surface area contributed by atoms with Gasteiger partial charge in [0, 0.05) is 19.8 Å². The predicted molar refractivity (Wildman–Crippen MR) is 55.7 cm³/mol. The van der Waals surface area contributed by atoms with Gasteiger partial charge in [-0.25, -0.2) is 4.39 Å². The number of benzene rings is 1. The smallest absolute Gasteiger partial charge is 0.183 e. The van der Waals surface area contributed by atoms with Gasteiger partial charge in [-0.05, 0) is 12.1 Å². The Morgan fingerprint density at radius 3 is 2.56 bits per heavy atom. The molecule has 16 heavy (non-hydrogen) atoms. The molecule has 0 aliphatic carbocycles. The number of oxime groups is 1. The fraction of sp³-hybridized carbons (Fsp3) is 0.300. The molecule has 88 valence electrons. The Bertz CT molecular complexity index is 392. The van der Waals surface area contributed by atoms with Crippen LogP contribution in [0.15, 0.2) is 23.4 Å². The van der Waals surface area contributed by atoms with Crippen LogP contribution in [0, 0.1) is 5.82 Å². The zero-order chi connectivity index (χ0) is 12.1. The monoisotopic (exact) mass is 228 g/mol. The quantitative estimate of drug-likeness (QED) is 0.267. The molecule has 0 saturated heterocycles. The molecule has 0 amide bonds. The zero-order valence-electron chi connectivity index (χ0n) is 8.98. The average molecular weight is 228 g/mol. The van der Waals surface area contributed by atoms with E-state index in [2.05, 4.69) is 5.16 Å². The van der Waals surface area contributed by atoms with Crippen molar-refractivity contribution in [2.24, 2.45) is 10.9 Å². The van der Waals surface area contributed by atoms with E-state index in [0.29, 0.717) is 5.56 Å². The maximum atomic E-state index is 13.3. The van der Waals surface area contributed by atoms with Crippen molar-refractivity contribution >= 4 is 5.84 Å². The van der Waals surface area contributed by atoms with Crippen LogP contribution in [0.3, 0.4) is 0 Å². The van der Waals surface area contributed by atoms with Gasteiger partial charge in [0.1, 0.15) is 5.82 Å². The molecule has 0 aliphatic rings. The van der Waals surface area contributed by atoms with Gasteiger partial charge < -0.3 is 20.4 Å². The topological polar surface area (TPSA) is 77.1 Å². The van der Waals surface area contributed by atoms with Crippen molar-refractivity contribution in [3.8, 4) is 0 Å². The Balaban J connectivity index is 3.16. The van der Waals surface area contributed by atoms with E-state index in [-0.39, 0.29) is 11.4 Å². The Hall–Kier alpha value is -1.66.